The van der Waals surface area contributed by atoms with Gasteiger partial charge in [-0.3, -0.25) is 0 Å². The van der Waals surface area contributed by atoms with E-state index in [1.165, 1.54) is 29.9 Å². The summed E-state index contributed by atoms with van der Waals surface area (Å²) in [5.74, 6) is 4.19. The molecule has 2 nitrogen and oxygen atoms in total. The highest BCUT2D eigenvalue weighted by atomic mass is 35.5. The van der Waals surface area contributed by atoms with Gasteiger partial charge in [-0.25, -0.2) is 4.98 Å². The molecule has 0 bridgehead atoms. The molecule has 0 radical (unpaired) electrons. The molecule has 1 saturated heterocycles. The van der Waals surface area contributed by atoms with Gasteiger partial charge in [0.1, 0.15) is 5.82 Å². The first-order valence-corrected chi connectivity index (χ1v) is 7.51. The Labute approximate surface area is 110 Å². The van der Waals surface area contributed by atoms with E-state index in [4.69, 9.17) is 11.6 Å². The van der Waals surface area contributed by atoms with Gasteiger partial charge in [0, 0.05) is 12.1 Å². The third kappa shape index (κ3) is 2.06. The Morgan fingerprint density at radius 1 is 1.35 bits per heavy atom. The van der Waals surface area contributed by atoms with Crippen LogP contribution in [0, 0.1) is 6.92 Å². The van der Waals surface area contributed by atoms with Gasteiger partial charge < -0.3 is 4.40 Å². The molecule has 1 fully saturated rings. The van der Waals surface area contributed by atoms with E-state index in [0.29, 0.717) is 11.1 Å². The molecule has 0 amide bonds. The maximum absolute atomic E-state index is 6.21. The molecular formula is C13H15ClN2S. The number of hydrogen-bond acceptors (Lipinski definition) is 2. The Bertz CT molecular complexity index is 544. The Morgan fingerprint density at radius 3 is 2.88 bits per heavy atom. The van der Waals surface area contributed by atoms with Gasteiger partial charge in [-0.2, -0.15) is 11.8 Å². The second kappa shape index (κ2) is 4.54. The van der Waals surface area contributed by atoms with E-state index in [9.17, 15) is 0 Å². The van der Waals surface area contributed by atoms with Crippen LogP contribution in [-0.2, 0) is 0 Å². The number of aromatic nitrogens is 2. The van der Waals surface area contributed by atoms with Crippen molar-refractivity contribution in [2.45, 2.75) is 25.7 Å². The van der Waals surface area contributed by atoms with Crippen molar-refractivity contribution in [2.75, 3.05) is 11.5 Å². The van der Waals surface area contributed by atoms with E-state index < -0.39 is 0 Å². The molecule has 17 heavy (non-hydrogen) atoms. The molecule has 4 heteroatoms. The summed E-state index contributed by atoms with van der Waals surface area (Å²) < 4.78 is 2.18. The lowest BCUT2D eigenvalue weighted by molar-refractivity contribution is 0.596. The van der Waals surface area contributed by atoms with Crippen LogP contribution in [0.1, 0.15) is 30.1 Å². The summed E-state index contributed by atoms with van der Waals surface area (Å²) in [7, 11) is 0. The van der Waals surface area contributed by atoms with Crippen molar-refractivity contribution in [3.63, 3.8) is 0 Å². The summed E-state index contributed by atoms with van der Waals surface area (Å²) in [5.41, 5.74) is 2.28. The fraction of sp³-hybridized carbons (Fsp3) is 0.462. The van der Waals surface area contributed by atoms with E-state index in [-0.39, 0.29) is 0 Å². The number of halogens is 1. The number of nitrogens with zero attached hydrogens (tertiary/aromatic N) is 2. The predicted octanol–water partition coefficient (Wildman–Crippen LogP) is 3.91. The smallest absolute Gasteiger partial charge is 0.155 e. The largest absolute Gasteiger partial charge is 0.302 e. The number of pyridine rings is 1. The van der Waals surface area contributed by atoms with Crippen LogP contribution in [0.4, 0.5) is 0 Å². The summed E-state index contributed by atoms with van der Waals surface area (Å²) in [6.07, 6.45) is 4.58. The second-order valence-corrected chi connectivity index (χ2v) is 6.19. The summed E-state index contributed by atoms with van der Waals surface area (Å²) >= 11 is 8.25. The Kier molecular flexibility index (Phi) is 3.05. The molecule has 2 aromatic heterocycles. The third-order valence-corrected chi connectivity index (χ3v) is 4.68. The minimum Gasteiger partial charge on any atom is -0.302 e. The Morgan fingerprint density at radius 2 is 2.12 bits per heavy atom. The molecule has 0 N–H and O–H groups in total. The van der Waals surface area contributed by atoms with Crippen LogP contribution < -0.4 is 0 Å². The average Bonchev–Trinajstić information content (AvgIpc) is 2.67. The average molecular weight is 267 g/mol. The molecule has 2 aromatic rings. The van der Waals surface area contributed by atoms with Crippen molar-refractivity contribution in [1.82, 2.24) is 9.38 Å². The molecule has 0 saturated carbocycles. The van der Waals surface area contributed by atoms with Gasteiger partial charge in [-0.1, -0.05) is 17.7 Å². The second-order valence-electron chi connectivity index (χ2n) is 4.61. The molecule has 0 atom stereocenters. The van der Waals surface area contributed by atoms with Gasteiger partial charge in [0.2, 0.25) is 0 Å². The van der Waals surface area contributed by atoms with Crippen molar-refractivity contribution >= 4 is 28.9 Å². The lowest BCUT2D eigenvalue weighted by atomic mass is 10.0. The number of imidazole rings is 1. The number of thioether (sulfide) groups is 1. The number of fused-ring (bicyclic) bond motifs is 1. The SMILES string of the molecule is Cc1ccc2c(Cl)nc(C3CCSCC3)n2c1. The molecule has 1 aliphatic rings. The zero-order valence-electron chi connectivity index (χ0n) is 9.82. The van der Waals surface area contributed by atoms with Crippen LogP contribution >= 0.6 is 23.4 Å². The van der Waals surface area contributed by atoms with Crippen LogP contribution in [-0.4, -0.2) is 20.9 Å². The van der Waals surface area contributed by atoms with E-state index in [0.717, 1.165) is 11.3 Å². The molecule has 0 aliphatic carbocycles. The van der Waals surface area contributed by atoms with E-state index in [2.05, 4.69) is 34.6 Å². The normalized spacial score (nSPS) is 17.8. The number of rotatable bonds is 1. The van der Waals surface area contributed by atoms with Crippen molar-refractivity contribution in [1.29, 1.82) is 0 Å². The first kappa shape index (κ1) is 11.4. The monoisotopic (exact) mass is 266 g/mol. The van der Waals surface area contributed by atoms with Crippen LogP contribution in [0.2, 0.25) is 5.15 Å². The van der Waals surface area contributed by atoms with Gasteiger partial charge in [-0.15, -0.1) is 0 Å². The lowest BCUT2D eigenvalue weighted by Gasteiger charge is -2.20. The van der Waals surface area contributed by atoms with Crippen LogP contribution in [0.3, 0.4) is 0 Å². The van der Waals surface area contributed by atoms with Crippen LogP contribution in [0.15, 0.2) is 18.3 Å². The lowest BCUT2D eigenvalue weighted by Crippen LogP contribution is -2.11. The highest BCUT2D eigenvalue weighted by molar-refractivity contribution is 7.99. The fourth-order valence-corrected chi connectivity index (χ4v) is 3.77. The van der Waals surface area contributed by atoms with Crippen LogP contribution in [0.5, 0.6) is 0 Å². The van der Waals surface area contributed by atoms with Crippen molar-refractivity contribution in [3.8, 4) is 0 Å². The number of hydrogen-bond donors (Lipinski definition) is 0. The Hall–Kier alpha value is -0.670. The summed E-state index contributed by atoms with van der Waals surface area (Å²) in [6.45, 7) is 2.11. The topological polar surface area (TPSA) is 17.3 Å². The molecule has 0 unspecified atom stereocenters. The fourth-order valence-electron chi connectivity index (χ4n) is 2.42. The van der Waals surface area contributed by atoms with Gasteiger partial charge >= 0.3 is 0 Å². The molecule has 3 heterocycles. The molecule has 1 aliphatic heterocycles. The standard InChI is InChI=1S/C13H15ClN2S/c1-9-2-3-11-12(14)15-13(16(11)8-9)10-4-6-17-7-5-10/h2-3,8,10H,4-7H2,1H3. The molecule has 90 valence electrons. The quantitative estimate of drug-likeness (QED) is 0.779. The van der Waals surface area contributed by atoms with E-state index in [1.807, 2.05) is 11.8 Å². The number of aryl methyl sites for hydroxylation is 1. The van der Waals surface area contributed by atoms with Gasteiger partial charge in [-0.05, 0) is 42.9 Å². The summed E-state index contributed by atoms with van der Waals surface area (Å²) in [4.78, 5) is 4.57. The molecule has 0 aromatic carbocycles. The van der Waals surface area contributed by atoms with Crippen molar-refractivity contribution in [2.24, 2.45) is 0 Å². The minimum absolute atomic E-state index is 0.568. The van der Waals surface area contributed by atoms with Gasteiger partial charge in [0.05, 0.1) is 5.52 Å². The van der Waals surface area contributed by atoms with Gasteiger partial charge in [0.25, 0.3) is 0 Å². The highest BCUT2D eigenvalue weighted by Gasteiger charge is 2.21. The van der Waals surface area contributed by atoms with Crippen molar-refractivity contribution < 1.29 is 0 Å². The maximum Gasteiger partial charge on any atom is 0.155 e. The summed E-state index contributed by atoms with van der Waals surface area (Å²) in [6, 6.07) is 4.15. The van der Waals surface area contributed by atoms with E-state index in [1.54, 1.807) is 0 Å². The highest BCUT2D eigenvalue weighted by Crippen LogP contribution is 2.33. The molecular weight excluding hydrogens is 252 g/mol. The van der Waals surface area contributed by atoms with Crippen LogP contribution in [0.25, 0.3) is 5.52 Å². The molecule has 0 spiro atoms. The zero-order valence-corrected chi connectivity index (χ0v) is 11.4. The van der Waals surface area contributed by atoms with E-state index >= 15 is 0 Å². The minimum atomic E-state index is 0.568. The first-order chi connectivity index (χ1) is 8.25. The predicted molar refractivity (Wildman–Crippen MR) is 74.2 cm³/mol. The maximum atomic E-state index is 6.21. The van der Waals surface area contributed by atoms with Gasteiger partial charge in [0.15, 0.2) is 5.15 Å². The Balaban J connectivity index is 2.11. The first-order valence-electron chi connectivity index (χ1n) is 5.97. The van der Waals surface area contributed by atoms with Crippen molar-refractivity contribution in [3.05, 3.63) is 34.9 Å². The molecule has 3 rings (SSSR count). The summed E-state index contributed by atoms with van der Waals surface area (Å²) in [5, 5.41) is 0.637. The zero-order chi connectivity index (χ0) is 11.8. The third-order valence-electron chi connectivity index (χ3n) is 3.35.